The van der Waals surface area contributed by atoms with Crippen LogP contribution in [0, 0.1) is 12.8 Å². The number of aliphatic carboxylic acids is 1. The Hall–Kier alpha value is -3.44. The summed E-state index contributed by atoms with van der Waals surface area (Å²) in [5, 5.41) is 18.1. The zero-order chi connectivity index (χ0) is 27.9. The number of carboxylic acids is 1. The van der Waals surface area contributed by atoms with Gasteiger partial charge < -0.3 is 9.84 Å². The third-order valence-electron chi connectivity index (χ3n) is 7.52. The van der Waals surface area contributed by atoms with Crippen molar-refractivity contribution < 1.29 is 23.7 Å². The zero-order valence-electron chi connectivity index (χ0n) is 22.5. The quantitative estimate of drug-likeness (QED) is 0.272. The van der Waals surface area contributed by atoms with Crippen LogP contribution in [-0.2, 0) is 24.8 Å². The van der Waals surface area contributed by atoms with E-state index >= 15 is 0 Å². The van der Waals surface area contributed by atoms with Gasteiger partial charge in [0.15, 0.2) is 0 Å². The Balaban J connectivity index is 1.55. The van der Waals surface area contributed by atoms with Crippen LogP contribution >= 0.6 is 10.8 Å². The van der Waals surface area contributed by atoms with Crippen molar-refractivity contribution in [1.29, 1.82) is 0 Å². The lowest BCUT2D eigenvalue weighted by Gasteiger charge is -2.43. The Bertz CT molecular complexity index is 1540. The van der Waals surface area contributed by atoms with E-state index in [2.05, 4.69) is 17.2 Å². The van der Waals surface area contributed by atoms with Crippen LogP contribution in [0.2, 0.25) is 0 Å². The van der Waals surface area contributed by atoms with Crippen molar-refractivity contribution in [2.24, 2.45) is 13.0 Å². The number of carbonyl (C=O) groups is 1. The molecular formula is C29H34N4O5S. The second kappa shape index (κ2) is 10.6. The Morgan fingerprint density at radius 1 is 1.15 bits per heavy atom. The summed E-state index contributed by atoms with van der Waals surface area (Å²) in [7, 11) is 0.155. The second-order valence-electron chi connectivity index (χ2n) is 10.4. The first-order valence-electron chi connectivity index (χ1n) is 12.9. The Kier molecular flexibility index (Phi) is 7.39. The largest absolute Gasteiger partial charge is 0.494 e. The van der Waals surface area contributed by atoms with Crippen molar-refractivity contribution in [2.45, 2.75) is 44.0 Å². The normalized spacial score (nSPS) is 18.8. The fourth-order valence-electron chi connectivity index (χ4n) is 5.53. The number of benzene rings is 3. The third-order valence-corrected chi connectivity index (χ3v) is 9.51. The van der Waals surface area contributed by atoms with Crippen LogP contribution in [0.1, 0.15) is 47.1 Å². The summed E-state index contributed by atoms with van der Waals surface area (Å²) < 4.78 is 31.9. The molecule has 2 heterocycles. The molecule has 1 aliphatic heterocycles. The molecule has 10 heteroatoms. The molecule has 3 N–H and O–H groups in total. The van der Waals surface area contributed by atoms with Gasteiger partial charge in [-0.05, 0) is 65.3 Å². The molecule has 3 aromatic carbocycles. The van der Waals surface area contributed by atoms with Gasteiger partial charge in [-0.1, -0.05) is 48.5 Å². The average molecular weight is 551 g/mol. The second-order valence-corrected chi connectivity index (χ2v) is 12.4. The van der Waals surface area contributed by atoms with Gasteiger partial charge in [0.25, 0.3) is 0 Å². The van der Waals surface area contributed by atoms with Gasteiger partial charge in [-0.15, -0.1) is 15.9 Å². The van der Waals surface area contributed by atoms with Crippen LogP contribution < -0.4 is 4.74 Å². The maximum atomic E-state index is 12.0. The van der Waals surface area contributed by atoms with E-state index in [1.165, 1.54) is 0 Å². The number of aromatic nitrogens is 3. The number of fused-ring (bicyclic) bond motifs is 2. The highest BCUT2D eigenvalue weighted by Crippen LogP contribution is 2.56. The maximum absolute atomic E-state index is 12.0. The molecule has 0 spiro atoms. The minimum Gasteiger partial charge on any atom is -0.494 e. The smallest absolute Gasteiger partial charge is 0.304 e. The molecular weight excluding hydrogens is 516 g/mol. The van der Waals surface area contributed by atoms with Gasteiger partial charge in [0, 0.05) is 26.1 Å². The highest BCUT2D eigenvalue weighted by molar-refractivity contribution is 8.22. The lowest BCUT2D eigenvalue weighted by molar-refractivity contribution is -0.137. The number of rotatable bonds is 7. The predicted octanol–water partition coefficient (Wildman–Crippen LogP) is 5.61. The van der Waals surface area contributed by atoms with Crippen LogP contribution in [0.5, 0.6) is 5.75 Å². The maximum Gasteiger partial charge on any atom is 0.304 e. The van der Waals surface area contributed by atoms with E-state index in [9.17, 15) is 19.0 Å². The van der Waals surface area contributed by atoms with Gasteiger partial charge in [-0.3, -0.25) is 13.9 Å². The molecule has 5 rings (SSSR count). The number of methoxy groups -OCH3 is 1. The summed E-state index contributed by atoms with van der Waals surface area (Å²) in [5.74, 6) is -0.586. The highest BCUT2D eigenvalue weighted by Gasteiger charge is 2.33. The number of ether oxygens (including phenoxy) is 1. The molecule has 0 fully saturated rings. The van der Waals surface area contributed by atoms with E-state index in [4.69, 9.17) is 4.74 Å². The molecule has 0 aliphatic carbocycles. The summed E-state index contributed by atoms with van der Waals surface area (Å²) in [6.07, 6.45) is 0.648. The van der Waals surface area contributed by atoms with Crippen molar-refractivity contribution in [3.63, 3.8) is 0 Å². The molecule has 0 saturated heterocycles. The van der Waals surface area contributed by atoms with Gasteiger partial charge >= 0.3 is 5.97 Å². The summed E-state index contributed by atoms with van der Waals surface area (Å²) >= 11 is 0. The number of carboxylic acid groups (broad SMARTS) is 1. The zero-order valence-corrected chi connectivity index (χ0v) is 23.4. The van der Waals surface area contributed by atoms with Crippen molar-refractivity contribution in [1.82, 2.24) is 19.3 Å². The van der Waals surface area contributed by atoms with Crippen LogP contribution in [0.25, 0.3) is 11.0 Å². The molecule has 4 aromatic rings. The molecule has 2 atom stereocenters. The first kappa shape index (κ1) is 27.1. The first-order valence-corrected chi connectivity index (χ1v) is 14.4. The standard InChI is InChI=1S/C29H34N4O5S/c1-18-11-21-7-5-6-8-27(21)39(36,37)33(16-18)17-23-12-20(10-9-19(23)2)24(15-28(34)35)22-13-25-29(26(14-22)38-4)32(3)31-30-25/h5-10,12-14,18,24,36-37H,11,15-17H2,1-4H3,(H,34,35)/t18-,24+/m1/s1. The molecule has 1 aromatic heterocycles. The minimum absolute atomic E-state index is 0.124. The number of hydrogen-bond donors (Lipinski definition) is 3. The summed E-state index contributed by atoms with van der Waals surface area (Å²) in [6.45, 7) is 4.96. The summed E-state index contributed by atoms with van der Waals surface area (Å²) in [4.78, 5) is 12.6. The van der Waals surface area contributed by atoms with Crippen LogP contribution in [-0.4, -0.2) is 53.1 Å². The lowest BCUT2D eigenvalue weighted by atomic mass is 9.86. The molecule has 0 saturated carbocycles. The molecule has 0 amide bonds. The van der Waals surface area contributed by atoms with E-state index in [0.29, 0.717) is 29.3 Å². The van der Waals surface area contributed by atoms with E-state index in [0.717, 1.165) is 39.8 Å². The van der Waals surface area contributed by atoms with Crippen molar-refractivity contribution in [2.75, 3.05) is 13.7 Å². The molecule has 0 bridgehead atoms. The van der Waals surface area contributed by atoms with Gasteiger partial charge in [-0.25, -0.2) is 4.68 Å². The topological polar surface area (TPSA) is 121 Å². The summed E-state index contributed by atoms with van der Waals surface area (Å²) in [6, 6.07) is 17.2. The van der Waals surface area contributed by atoms with Gasteiger partial charge in [0.2, 0.25) is 0 Å². The van der Waals surface area contributed by atoms with E-state index in [-0.39, 0.29) is 12.3 Å². The molecule has 9 nitrogen and oxygen atoms in total. The van der Waals surface area contributed by atoms with E-state index < -0.39 is 22.7 Å². The number of aryl methyl sites for hydroxylation is 2. The van der Waals surface area contributed by atoms with Crippen LogP contribution in [0.4, 0.5) is 0 Å². The van der Waals surface area contributed by atoms with Gasteiger partial charge in [-0.2, -0.15) is 4.31 Å². The van der Waals surface area contributed by atoms with Crippen molar-refractivity contribution >= 4 is 27.8 Å². The predicted molar refractivity (Wildman–Crippen MR) is 151 cm³/mol. The average Bonchev–Trinajstić information content (AvgIpc) is 3.24. The SMILES string of the molecule is COc1cc([C@@H](CC(=O)O)c2ccc(C)c(CN3C[C@H](C)Cc4ccccc4S3(O)O)c2)cc2nnn(C)c12. The third kappa shape index (κ3) is 5.25. The van der Waals surface area contributed by atoms with E-state index in [1.807, 2.05) is 55.5 Å². The molecule has 39 heavy (non-hydrogen) atoms. The highest BCUT2D eigenvalue weighted by atomic mass is 32.3. The number of nitrogens with zero attached hydrogens (tertiary/aromatic N) is 4. The Morgan fingerprint density at radius 3 is 2.67 bits per heavy atom. The molecule has 0 radical (unpaired) electrons. The van der Waals surface area contributed by atoms with Crippen LogP contribution in [0.3, 0.4) is 0 Å². The molecule has 1 aliphatic rings. The molecule has 0 unspecified atom stereocenters. The first-order chi connectivity index (χ1) is 18.6. The Labute approximate surface area is 229 Å². The van der Waals surface area contributed by atoms with Crippen LogP contribution in [0.15, 0.2) is 59.5 Å². The monoisotopic (exact) mass is 550 g/mol. The fraction of sp³-hybridized carbons (Fsp3) is 0.345. The van der Waals surface area contributed by atoms with Gasteiger partial charge in [0.05, 0.1) is 18.4 Å². The van der Waals surface area contributed by atoms with E-state index in [1.54, 1.807) is 29.2 Å². The summed E-state index contributed by atoms with van der Waals surface area (Å²) in [5.41, 5.74) is 5.83. The Morgan fingerprint density at radius 2 is 1.92 bits per heavy atom. The fourth-order valence-corrected chi connectivity index (χ4v) is 7.35. The lowest BCUT2D eigenvalue weighted by Crippen LogP contribution is -2.30. The van der Waals surface area contributed by atoms with Gasteiger partial charge in [0.1, 0.15) is 16.8 Å². The van der Waals surface area contributed by atoms with Crippen molar-refractivity contribution in [3.05, 3.63) is 82.4 Å². The van der Waals surface area contributed by atoms with Crippen molar-refractivity contribution in [3.8, 4) is 5.75 Å². The number of hydrogen-bond acceptors (Lipinski definition) is 7. The molecule has 206 valence electrons. The minimum atomic E-state index is -3.20.